The molecule has 0 bridgehead atoms. The summed E-state index contributed by atoms with van der Waals surface area (Å²) < 4.78 is 91.3. The first kappa shape index (κ1) is 43.3. The quantitative estimate of drug-likeness (QED) is 0.177. The topological polar surface area (TPSA) is 149 Å². The van der Waals surface area contributed by atoms with Gasteiger partial charge in [-0.1, -0.05) is 32.0 Å². The highest BCUT2D eigenvalue weighted by Crippen LogP contribution is 2.45. The maximum atomic E-state index is 14.7. The molecule has 13 nitrogen and oxygen atoms in total. The normalized spacial score (nSPS) is 19.2. The Hall–Kier alpha value is -4.32. The van der Waals surface area contributed by atoms with E-state index in [1.165, 1.54) is 23.0 Å². The number of alkyl halides is 3. The third kappa shape index (κ3) is 8.27. The van der Waals surface area contributed by atoms with Crippen molar-refractivity contribution < 1.29 is 45.7 Å². The van der Waals surface area contributed by atoms with E-state index in [0.717, 1.165) is 42.4 Å². The van der Waals surface area contributed by atoms with Crippen molar-refractivity contribution in [2.45, 2.75) is 103 Å². The summed E-state index contributed by atoms with van der Waals surface area (Å²) in [4.78, 5) is 19.8. The molecule has 1 atom stereocenters. The molecule has 17 heteroatoms. The fourth-order valence-electron chi connectivity index (χ4n) is 8.28. The number of hydrogen-bond acceptors (Lipinski definition) is 10. The van der Waals surface area contributed by atoms with Gasteiger partial charge in [0.25, 0.3) is 0 Å². The molecule has 0 unspecified atom stereocenters. The Balaban J connectivity index is 0.00000567. The van der Waals surface area contributed by atoms with E-state index in [-0.39, 0.29) is 36.9 Å². The molecule has 58 heavy (non-hydrogen) atoms. The number of carboxylic acids is 1. The number of fused-ring (bicyclic) bond motifs is 2. The molecule has 0 radical (unpaired) electrons. The van der Waals surface area contributed by atoms with E-state index in [4.69, 9.17) is 14.2 Å². The number of halogens is 3. The lowest BCUT2D eigenvalue weighted by molar-refractivity contribution is -0.147. The van der Waals surface area contributed by atoms with Crippen LogP contribution in [-0.4, -0.2) is 99.9 Å². The number of nitrogens with zero attached hydrogens (tertiary/aromatic N) is 6. The van der Waals surface area contributed by atoms with Crippen LogP contribution in [0.3, 0.4) is 0 Å². The van der Waals surface area contributed by atoms with Crippen molar-refractivity contribution in [2.75, 3.05) is 46.0 Å². The van der Waals surface area contributed by atoms with Gasteiger partial charge < -0.3 is 19.3 Å². The van der Waals surface area contributed by atoms with Crippen LogP contribution in [0.4, 0.5) is 13.2 Å². The van der Waals surface area contributed by atoms with Crippen LogP contribution >= 0.6 is 0 Å². The van der Waals surface area contributed by atoms with Crippen LogP contribution in [0.25, 0.3) is 5.65 Å². The first-order valence-corrected chi connectivity index (χ1v) is 20.7. The molecule has 2 fully saturated rings. The van der Waals surface area contributed by atoms with Crippen molar-refractivity contribution in [2.24, 2.45) is 5.41 Å². The summed E-state index contributed by atoms with van der Waals surface area (Å²) in [5.41, 5.74) is 0.817. The predicted octanol–water partition coefficient (Wildman–Crippen LogP) is 6.94. The first-order valence-electron chi connectivity index (χ1n) is 19.3. The number of likely N-dealkylation sites (tertiary alicyclic amines) is 1. The van der Waals surface area contributed by atoms with Gasteiger partial charge in [0.05, 0.1) is 25.2 Å². The number of aryl methyl sites for hydroxylation is 3. The molecule has 4 aromatic rings. The summed E-state index contributed by atoms with van der Waals surface area (Å²) in [7, 11) is -4.22. The number of rotatable bonds is 10. The zero-order chi connectivity index (χ0) is 40.9. The van der Waals surface area contributed by atoms with Gasteiger partial charge in [0.1, 0.15) is 17.1 Å². The molecule has 2 saturated heterocycles. The van der Waals surface area contributed by atoms with Gasteiger partial charge in [-0.3, -0.25) is 14.1 Å². The van der Waals surface area contributed by atoms with Crippen LogP contribution in [0.2, 0.25) is 0 Å². The predicted molar refractivity (Wildman–Crippen MR) is 210 cm³/mol. The van der Waals surface area contributed by atoms with Crippen molar-refractivity contribution in [1.29, 1.82) is 0 Å². The van der Waals surface area contributed by atoms with Crippen LogP contribution in [0.1, 0.15) is 98.5 Å². The average molecular weight is 831 g/mol. The number of hydrogen-bond donors (Lipinski definition) is 1. The zero-order valence-electron chi connectivity index (χ0n) is 32.9. The second kappa shape index (κ2) is 16.4. The van der Waals surface area contributed by atoms with Crippen molar-refractivity contribution in [1.82, 2.24) is 28.8 Å². The minimum Gasteiger partial charge on any atom is -0.481 e. The Labute approximate surface area is 337 Å². The van der Waals surface area contributed by atoms with E-state index < -0.39 is 44.9 Å². The molecular formula is C41H53F3N6O7S. The molecular weight excluding hydrogens is 778 g/mol. The van der Waals surface area contributed by atoms with Gasteiger partial charge in [0.15, 0.2) is 5.65 Å². The minimum atomic E-state index is -4.75. The Morgan fingerprint density at radius 2 is 1.72 bits per heavy atom. The highest BCUT2D eigenvalue weighted by molar-refractivity contribution is 7.89. The molecule has 0 saturated carbocycles. The van der Waals surface area contributed by atoms with Crippen LogP contribution in [-0.2, 0) is 32.3 Å². The van der Waals surface area contributed by atoms with Crippen LogP contribution in [0, 0.1) is 26.2 Å². The molecule has 1 spiro atoms. The Bertz CT molecular complexity index is 2270. The molecule has 1 aromatic carbocycles. The van der Waals surface area contributed by atoms with Gasteiger partial charge >= 0.3 is 12.1 Å². The molecule has 3 aliphatic rings. The molecule has 0 aliphatic carbocycles. The summed E-state index contributed by atoms with van der Waals surface area (Å²) in [6, 6.07) is 8.40. The molecule has 3 aliphatic heterocycles. The third-order valence-corrected chi connectivity index (χ3v) is 13.5. The summed E-state index contributed by atoms with van der Waals surface area (Å²) >= 11 is 0. The number of carbonyl (C=O) groups is 1. The maximum absolute atomic E-state index is 14.7. The lowest BCUT2D eigenvalue weighted by atomic mass is 9.70. The van der Waals surface area contributed by atoms with E-state index >= 15 is 0 Å². The lowest BCUT2D eigenvalue weighted by Gasteiger charge is -2.38. The van der Waals surface area contributed by atoms with E-state index in [1.54, 1.807) is 52.0 Å². The Morgan fingerprint density at radius 1 is 1.02 bits per heavy atom. The van der Waals surface area contributed by atoms with E-state index in [2.05, 4.69) is 20.1 Å². The number of benzene rings is 1. The lowest BCUT2D eigenvalue weighted by Crippen LogP contribution is -2.50. The number of carboxylic acid groups (broad SMARTS) is 1. The van der Waals surface area contributed by atoms with Crippen molar-refractivity contribution >= 4 is 21.6 Å². The fraction of sp³-hybridized carbons (Fsp3) is 0.561. The van der Waals surface area contributed by atoms with Gasteiger partial charge in [-0.15, -0.1) is 10.2 Å². The van der Waals surface area contributed by atoms with E-state index in [9.17, 15) is 31.5 Å². The fourth-order valence-corrected chi connectivity index (χ4v) is 9.91. The SMILES string of the molecule is C.Cc1ccc([C@@H](c2ccn3c(C(F)(F)F)nnc3c2C)C(C)(C)C(=O)O)cc1CN1CC2(CCOCC2)Oc2nc(OCCN3CCCCC3)c(C)cc2S1(=O)=O. The molecule has 7 rings (SSSR count). The number of piperidine rings is 1. The van der Waals surface area contributed by atoms with Gasteiger partial charge in [-0.25, -0.2) is 8.42 Å². The van der Waals surface area contributed by atoms with Gasteiger partial charge in [0, 0.05) is 43.6 Å². The number of aromatic nitrogens is 4. The highest BCUT2D eigenvalue weighted by Gasteiger charge is 2.47. The minimum absolute atomic E-state index is 0. The Morgan fingerprint density at radius 3 is 2.40 bits per heavy atom. The molecule has 0 amide bonds. The molecule has 1 N–H and O–H groups in total. The van der Waals surface area contributed by atoms with E-state index in [1.807, 2.05) is 6.92 Å². The first-order chi connectivity index (χ1) is 26.9. The average Bonchev–Trinajstić information content (AvgIpc) is 3.59. The summed E-state index contributed by atoms with van der Waals surface area (Å²) in [5, 5.41) is 17.7. The third-order valence-electron chi connectivity index (χ3n) is 11.8. The standard InChI is InChI=1S/C40H49F3N6O7S.CH4/c1-25-9-10-28(32(38(4,5)37(50)51)30-11-16-49-33(27(30)3)45-46-36(49)40(41,42)43)22-29(25)23-48-24-39(12-18-54-19-13-39)56-35-31(57(48,52)53)21-26(2)34(44-35)55-20-17-47-14-7-6-8-15-47;/h9-11,16,21-22,32H,6-8,12-15,17-20,23-24H2,1-5H3,(H,50,51);1H4/t32-;/m0./s1. The second-order valence-corrected chi connectivity index (χ2v) is 18.0. The van der Waals surface area contributed by atoms with Gasteiger partial charge in [0.2, 0.25) is 27.6 Å². The zero-order valence-corrected chi connectivity index (χ0v) is 33.7. The summed E-state index contributed by atoms with van der Waals surface area (Å²) in [6.45, 7) is 12.2. The van der Waals surface area contributed by atoms with Gasteiger partial charge in [-0.05, 0) is 100 Å². The van der Waals surface area contributed by atoms with Crippen LogP contribution in [0.5, 0.6) is 11.8 Å². The summed E-state index contributed by atoms with van der Waals surface area (Å²) in [6.07, 6.45) is 0.843. The largest absolute Gasteiger partial charge is 0.481 e. The molecule has 3 aromatic heterocycles. The van der Waals surface area contributed by atoms with Crippen molar-refractivity contribution in [3.8, 4) is 11.8 Å². The smallest absolute Gasteiger partial charge is 0.452 e. The van der Waals surface area contributed by atoms with Crippen molar-refractivity contribution in [3.05, 3.63) is 75.7 Å². The van der Waals surface area contributed by atoms with Crippen LogP contribution in [0.15, 0.2) is 41.4 Å². The monoisotopic (exact) mass is 830 g/mol. The highest BCUT2D eigenvalue weighted by atomic mass is 32.2. The second-order valence-electron chi connectivity index (χ2n) is 16.1. The number of pyridine rings is 2. The molecule has 316 valence electrons. The van der Waals surface area contributed by atoms with Crippen molar-refractivity contribution in [3.63, 3.8) is 0 Å². The Kier molecular flexibility index (Phi) is 12.2. The molecule has 6 heterocycles. The number of ether oxygens (including phenoxy) is 3. The van der Waals surface area contributed by atoms with Crippen LogP contribution < -0.4 is 9.47 Å². The summed E-state index contributed by atoms with van der Waals surface area (Å²) in [5.74, 6) is -2.89. The number of aliphatic carboxylic acids is 1. The van der Waals surface area contributed by atoms with E-state index in [0.29, 0.717) is 66.4 Å². The van der Waals surface area contributed by atoms with Gasteiger partial charge in [-0.2, -0.15) is 22.5 Å². The number of sulfonamides is 1. The maximum Gasteiger partial charge on any atom is 0.452 e.